The number of aryl methyl sites for hydroxylation is 1. The van der Waals surface area contributed by atoms with Crippen LogP contribution in [0.4, 0.5) is 0 Å². The van der Waals surface area contributed by atoms with Crippen molar-refractivity contribution in [2.75, 3.05) is 6.61 Å². The third-order valence-electron chi connectivity index (χ3n) is 3.25. The number of fused-ring (bicyclic) bond motifs is 1. The van der Waals surface area contributed by atoms with Gasteiger partial charge < -0.3 is 4.74 Å². The summed E-state index contributed by atoms with van der Waals surface area (Å²) in [5.41, 5.74) is 2.53. The van der Waals surface area contributed by atoms with Gasteiger partial charge in [0.25, 0.3) is 5.82 Å². The van der Waals surface area contributed by atoms with Crippen molar-refractivity contribution < 1.29 is 9.30 Å². The molecule has 88 valence electrons. The SMILES string of the molecule is CCOc1ccc(-c2c[nH]c3[n+]2CCC3)cc1. The normalized spacial score (nSPS) is 13.7. The van der Waals surface area contributed by atoms with Crippen molar-refractivity contribution in [1.82, 2.24) is 4.98 Å². The zero-order chi connectivity index (χ0) is 11.7. The molecule has 0 unspecified atom stereocenters. The number of aromatic amines is 1. The second kappa shape index (κ2) is 4.24. The number of hydrogen-bond acceptors (Lipinski definition) is 1. The van der Waals surface area contributed by atoms with Gasteiger partial charge in [0.15, 0.2) is 5.69 Å². The number of benzene rings is 1. The van der Waals surface area contributed by atoms with E-state index in [0.717, 1.165) is 18.7 Å². The highest BCUT2D eigenvalue weighted by molar-refractivity contribution is 5.56. The van der Waals surface area contributed by atoms with Crippen LogP contribution in [0.5, 0.6) is 5.75 Å². The molecule has 1 aliphatic rings. The van der Waals surface area contributed by atoms with Crippen molar-refractivity contribution in [2.45, 2.75) is 26.3 Å². The standard InChI is InChI=1S/C14H16N2O/c1-2-17-12-7-5-11(6-8-12)13-10-15-14-4-3-9-16(13)14/h5-8,10H,2-4,9H2,1H3/p+1. The average molecular weight is 229 g/mol. The van der Waals surface area contributed by atoms with Gasteiger partial charge in [0.05, 0.1) is 19.6 Å². The highest BCUT2D eigenvalue weighted by Crippen LogP contribution is 2.21. The zero-order valence-corrected chi connectivity index (χ0v) is 10.1. The van der Waals surface area contributed by atoms with Gasteiger partial charge in [-0.2, -0.15) is 0 Å². The summed E-state index contributed by atoms with van der Waals surface area (Å²) < 4.78 is 7.83. The molecule has 1 N–H and O–H groups in total. The van der Waals surface area contributed by atoms with Gasteiger partial charge in [-0.15, -0.1) is 0 Å². The maximum Gasteiger partial charge on any atom is 0.254 e. The molecule has 3 nitrogen and oxygen atoms in total. The first-order chi connectivity index (χ1) is 8.38. The van der Waals surface area contributed by atoms with Gasteiger partial charge in [-0.3, -0.25) is 0 Å². The molecular formula is C14H17N2O+. The van der Waals surface area contributed by atoms with Crippen LogP contribution >= 0.6 is 0 Å². The summed E-state index contributed by atoms with van der Waals surface area (Å²) in [6.45, 7) is 3.85. The Labute approximate surface area is 101 Å². The molecule has 3 rings (SSSR count). The van der Waals surface area contributed by atoms with E-state index in [1.165, 1.54) is 23.5 Å². The lowest BCUT2D eigenvalue weighted by atomic mass is 10.1. The first-order valence-corrected chi connectivity index (χ1v) is 6.22. The largest absolute Gasteiger partial charge is 0.494 e. The highest BCUT2D eigenvalue weighted by Gasteiger charge is 2.23. The van der Waals surface area contributed by atoms with Crippen molar-refractivity contribution in [3.63, 3.8) is 0 Å². The van der Waals surface area contributed by atoms with E-state index in [1.54, 1.807) is 0 Å². The average Bonchev–Trinajstić information content (AvgIpc) is 2.93. The molecule has 2 aromatic rings. The maximum atomic E-state index is 5.46. The molecule has 0 fully saturated rings. The van der Waals surface area contributed by atoms with Gasteiger partial charge in [0.1, 0.15) is 11.9 Å². The van der Waals surface area contributed by atoms with E-state index in [9.17, 15) is 0 Å². The molecule has 0 atom stereocenters. The molecular weight excluding hydrogens is 212 g/mol. The van der Waals surface area contributed by atoms with E-state index in [0.29, 0.717) is 6.61 Å². The van der Waals surface area contributed by atoms with Crippen LogP contribution in [0.3, 0.4) is 0 Å². The number of H-pyrrole nitrogens is 1. The Morgan fingerprint density at radius 2 is 2.12 bits per heavy atom. The lowest BCUT2D eigenvalue weighted by molar-refractivity contribution is -0.678. The maximum absolute atomic E-state index is 5.46. The van der Waals surface area contributed by atoms with Crippen LogP contribution in [-0.4, -0.2) is 11.6 Å². The molecule has 0 bridgehead atoms. The van der Waals surface area contributed by atoms with Gasteiger partial charge in [0.2, 0.25) is 0 Å². The fourth-order valence-corrected chi connectivity index (χ4v) is 2.45. The minimum absolute atomic E-state index is 0.716. The Kier molecular flexibility index (Phi) is 2.59. The predicted molar refractivity (Wildman–Crippen MR) is 65.9 cm³/mol. The lowest BCUT2D eigenvalue weighted by Gasteiger charge is -2.03. The third kappa shape index (κ3) is 1.82. The third-order valence-corrected chi connectivity index (χ3v) is 3.25. The van der Waals surface area contributed by atoms with E-state index in [2.05, 4.69) is 27.9 Å². The summed E-state index contributed by atoms with van der Waals surface area (Å²) >= 11 is 0. The second-order valence-corrected chi connectivity index (χ2v) is 4.33. The number of nitrogens with zero attached hydrogens (tertiary/aromatic N) is 1. The Balaban J connectivity index is 1.93. The van der Waals surface area contributed by atoms with E-state index in [-0.39, 0.29) is 0 Å². The van der Waals surface area contributed by atoms with E-state index >= 15 is 0 Å². The van der Waals surface area contributed by atoms with Crippen molar-refractivity contribution in [3.8, 4) is 17.0 Å². The Hall–Kier alpha value is -1.77. The van der Waals surface area contributed by atoms with Crippen LogP contribution < -0.4 is 9.30 Å². The zero-order valence-electron chi connectivity index (χ0n) is 10.1. The monoisotopic (exact) mass is 229 g/mol. The van der Waals surface area contributed by atoms with E-state index < -0.39 is 0 Å². The van der Waals surface area contributed by atoms with E-state index in [4.69, 9.17) is 4.74 Å². The number of nitrogens with one attached hydrogen (secondary N) is 1. The Morgan fingerprint density at radius 3 is 2.88 bits per heavy atom. The second-order valence-electron chi connectivity index (χ2n) is 4.33. The summed E-state index contributed by atoms with van der Waals surface area (Å²) in [4.78, 5) is 3.36. The Bertz CT molecular complexity index is 514. The predicted octanol–water partition coefficient (Wildman–Crippen LogP) is 2.31. The number of hydrogen-bond donors (Lipinski definition) is 1. The van der Waals surface area contributed by atoms with Crippen LogP contribution in [0.1, 0.15) is 19.2 Å². The smallest absolute Gasteiger partial charge is 0.254 e. The molecule has 1 aromatic heterocycles. The van der Waals surface area contributed by atoms with Crippen LogP contribution in [0, 0.1) is 0 Å². The molecule has 0 saturated heterocycles. The number of aromatic nitrogens is 2. The van der Waals surface area contributed by atoms with Gasteiger partial charge in [-0.05, 0) is 37.6 Å². The van der Waals surface area contributed by atoms with Crippen molar-refractivity contribution in [2.24, 2.45) is 0 Å². The minimum atomic E-state index is 0.716. The molecule has 2 heterocycles. The molecule has 0 aliphatic carbocycles. The molecule has 1 aliphatic heterocycles. The first kappa shape index (κ1) is 10.4. The molecule has 0 amide bonds. The highest BCUT2D eigenvalue weighted by atomic mass is 16.5. The van der Waals surface area contributed by atoms with Crippen LogP contribution in [0.15, 0.2) is 30.5 Å². The molecule has 0 radical (unpaired) electrons. The van der Waals surface area contributed by atoms with Crippen molar-refractivity contribution in [3.05, 3.63) is 36.3 Å². The van der Waals surface area contributed by atoms with Crippen LogP contribution in [-0.2, 0) is 13.0 Å². The van der Waals surface area contributed by atoms with E-state index in [1.807, 2.05) is 19.1 Å². The summed E-state index contributed by atoms with van der Waals surface area (Å²) in [5.74, 6) is 2.28. The van der Waals surface area contributed by atoms with Gasteiger partial charge in [0, 0.05) is 5.56 Å². The van der Waals surface area contributed by atoms with Gasteiger partial charge in [-0.25, -0.2) is 9.55 Å². The molecule has 3 heteroatoms. The lowest BCUT2D eigenvalue weighted by Crippen LogP contribution is -2.32. The van der Waals surface area contributed by atoms with Crippen molar-refractivity contribution in [1.29, 1.82) is 0 Å². The summed E-state index contributed by atoms with van der Waals surface area (Å²) in [5, 5.41) is 0. The minimum Gasteiger partial charge on any atom is -0.494 e. The summed E-state index contributed by atoms with van der Waals surface area (Å²) in [7, 11) is 0. The summed E-state index contributed by atoms with van der Waals surface area (Å²) in [6.07, 6.45) is 4.51. The number of ether oxygens (including phenoxy) is 1. The Morgan fingerprint density at radius 1 is 1.29 bits per heavy atom. The molecule has 1 aromatic carbocycles. The molecule has 0 spiro atoms. The fraction of sp³-hybridized carbons (Fsp3) is 0.357. The number of rotatable bonds is 3. The quantitative estimate of drug-likeness (QED) is 0.804. The molecule has 0 saturated carbocycles. The van der Waals surface area contributed by atoms with Crippen LogP contribution in [0.25, 0.3) is 11.3 Å². The topological polar surface area (TPSA) is 28.9 Å². The van der Waals surface area contributed by atoms with Gasteiger partial charge in [-0.1, -0.05) is 0 Å². The first-order valence-electron chi connectivity index (χ1n) is 6.22. The molecule has 17 heavy (non-hydrogen) atoms. The van der Waals surface area contributed by atoms with Crippen molar-refractivity contribution >= 4 is 0 Å². The van der Waals surface area contributed by atoms with Gasteiger partial charge >= 0.3 is 0 Å². The summed E-state index contributed by atoms with van der Waals surface area (Å²) in [6, 6.07) is 8.32. The number of imidazole rings is 1. The fourth-order valence-electron chi connectivity index (χ4n) is 2.45. The van der Waals surface area contributed by atoms with Crippen LogP contribution in [0.2, 0.25) is 0 Å².